The van der Waals surface area contributed by atoms with Crippen LogP contribution in [0.5, 0.6) is 5.75 Å². The standard InChI is InChI=1S/C44H66N2O11/c1-9-11-13-16-19-22-34(47)23-20-17-14-15-18-21-24-36(44(53,42(52)57-43(3,4)5)31-39(49)56-32-38(48)46(6)7)40(50)45-37(41(51)54-8)30-33-25-27-35(28-26-33)55-29-12-10-2/h21,24-28,36-37,53H,9,11,13-20,22-23,29-32H2,1-8H3,(H,45,50)/b24-21+/t36-,37+,44+/m1/s1. The van der Waals surface area contributed by atoms with Crippen molar-refractivity contribution < 1.29 is 52.8 Å². The third-order valence-corrected chi connectivity index (χ3v) is 8.94. The van der Waals surface area contributed by atoms with Crippen LogP contribution in [0.3, 0.4) is 0 Å². The number of likely N-dealkylation sites (N-methyl/N-ethyl adjacent to an activating group) is 1. The highest BCUT2D eigenvalue weighted by molar-refractivity contribution is 5.96. The molecule has 0 aliphatic heterocycles. The summed E-state index contributed by atoms with van der Waals surface area (Å²) in [7, 11) is 4.10. The van der Waals surface area contributed by atoms with E-state index in [2.05, 4.69) is 24.1 Å². The number of nitrogens with zero attached hydrogens (tertiary/aromatic N) is 1. The average molecular weight is 799 g/mol. The van der Waals surface area contributed by atoms with E-state index in [1.54, 1.807) is 58.0 Å². The maximum absolute atomic E-state index is 14.2. The van der Waals surface area contributed by atoms with Gasteiger partial charge in [-0.15, -0.1) is 5.92 Å². The van der Waals surface area contributed by atoms with Crippen LogP contribution in [0.2, 0.25) is 0 Å². The minimum absolute atomic E-state index is 0.0230. The number of Topliss-reactive ketones (excluding diaryl/α,β-unsaturated/α-hetero) is 1. The number of benzene rings is 1. The molecule has 2 amide bonds. The number of ketones is 1. The van der Waals surface area contributed by atoms with Crippen molar-refractivity contribution in [3.05, 3.63) is 42.0 Å². The fourth-order valence-corrected chi connectivity index (χ4v) is 5.65. The second kappa shape index (κ2) is 27.0. The van der Waals surface area contributed by atoms with Gasteiger partial charge in [0, 0.05) is 33.4 Å². The van der Waals surface area contributed by atoms with E-state index in [1.807, 2.05) is 0 Å². The molecule has 0 unspecified atom stereocenters. The van der Waals surface area contributed by atoms with Crippen molar-refractivity contribution >= 4 is 35.5 Å². The molecule has 0 radical (unpaired) electrons. The van der Waals surface area contributed by atoms with Crippen LogP contribution in [0.25, 0.3) is 0 Å². The highest BCUT2D eigenvalue weighted by Crippen LogP contribution is 2.29. The van der Waals surface area contributed by atoms with E-state index in [0.717, 1.165) is 52.1 Å². The second-order valence-electron chi connectivity index (χ2n) is 15.3. The Bertz CT molecular complexity index is 1520. The third-order valence-electron chi connectivity index (χ3n) is 8.94. The summed E-state index contributed by atoms with van der Waals surface area (Å²) in [6.45, 7) is 8.09. The molecule has 57 heavy (non-hydrogen) atoms. The molecule has 1 aromatic rings. The summed E-state index contributed by atoms with van der Waals surface area (Å²) in [6.07, 6.45) is 12.1. The van der Waals surface area contributed by atoms with Gasteiger partial charge in [0.1, 0.15) is 29.8 Å². The third kappa shape index (κ3) is 20.9. The Hall–Kier alpha value is -4.70. The zero-order valence-corrected chi connectivity index (χ0v) is 35.4. The van der Waals surface area contributed by atoms with Gasteiger partial charge in [0.05, 0.1) is 19.4 Å². The van der Waals surface area contributed by atoms with Gasteiger partial charge in [-0.05, 0) is 71.1 Å². The maximum Gasteiger partial charge on any atom is 0.340 e. The molecule has 0 spiro atoms. The summed E-state index contributed by atoms with van der Waals surface area (Å²) in [5, 5.41) is 14.7. The largest absolute Gasteiger partial charge is 0.481 e. The molecule has 0 aliphatic carbocycles. The highest BCUT2D eigenvalue weighted by Gasteiger charge is 2.51. The molecule has 1 rings (SSSR count). The summed E-state index contributed by atoms with van der Waals surface area (Å²) < 4.78 is 21.2. The van der Waals surface area contributed by atoms with Crippen LogP contribution in [0.4, 0.5) is 0 Å². The zero-order chi connectivity index (χ0) is 42.9. The first-order valence-electron chi connectivity index (χ1n) is 20.0. The number of hydrogen-bond donors (Lipinski definition) is 2. The number of ether oxygens (including phenoxy) is 4. The van der Waals surface area contributed by atoms with Crippen LogP contribution in [0.1, 0.15) is 124 Å². The van der Waals surface area contributed by atoms with E-state index in [4.69, 9.17) is 18.9 Å². The second-order valence-corrected chi connectivity index (χ2v) is 15.3. The van der Waals surface area contributed by atoms with Crippen molar-refractivity contribution in [2.45, 2.75) is 142 Å². The molecule has 3 atom stereocenters. The van der Waals surface area contributed by atoms with Gasteiger partial charge in [-0.1, -0.05) is 75.7 Å². The molecule has 0 saturated heterocycles. The van der Waals surface area contributed by atoms with Crippen LogP contribution in [0, 0.1) is 17.8 Å². The number of methoxy groups -OCH3 is 1. The molecule has 0 fully saturated rings. The Morgan fingerprint density at radius 1 is 0.912 bits per heavy atom. The molecular formula is C44H66N2O11. The number of amides is 2. The number of aliphatic hydroxyl groups is 1. The Morgan fingerprint density at radius 3 is 2.09 bits per heavy atom. The predicted molar refractivity (Wildman–Crippen MR) is 217 cm³/mol. The topological polar surface area (TPSA) is 175 Å². The molecule has 0 bridgehead atoms. The minimum atomic E-state index is -2.82. The Balaban J connectivity index is 3.31. The van der Waals surface area contributed by atoms with Gasteiger partial charge in [-0.25, -0.2) is 9.59 Å². The zero-order valence-electron chi connectivity index (χ0n) is 35.4. The quantitative estimate of drug-likeness (QED) is 0.0361. The van der Waals surface area contributed by atoms with Gasteiger partial charge in [-0.2, -0.15) is 0 Å². The number of allylic oxidation sites excluding steroid dienone is 1. The number of carbonyl (C=O) groups excluding carboxylic acids is 6. The fraction of sp³-hybridized carbons (Fsp3) is 0.636. The van der Waals surface area contributed by atoms with Crippen molar-refractivity contribution in [2.75, 3.05) is 34.4 Å². The molecular weight excluding hydrogens is 732 g/mol. The Kier molecular flexibility index (Phi) is 23.9. The number of carbonyl (C=O) groups is 6. The number of esters is 3. The highest BCUT2D eigenvalue weighted by atomic mass is 16.6. The van der Waals surface area contributed by atoms with Crippen molar-refractivity contribution in [3.63, 3.8) is 0 Å². The number of nitrogens with one attached hydrogen (secondary N) is 1. The first kappa shape index (κ1) is 50.3. The first-order chi connectivity index (χ1) is 27.0. The summed E-state index contributed by atoms with van der Waals surface area (Å²) in [5.74, 6) is -0.0647. The van der Waals surface area contributed by atoms with E-state index in [9.17, 15) is 33.9 Å². The van der Waals surface area contributed by atoms with Gasteiger partial charge in [0.25, 0.3) is 5.91 Å². The van der Waals surface area contributed by atoms with Crippen molar-refractivity contribution in [2.24, 2.45) is 5.92 Å². The monoisotopic (exact) mass is 798 g/mol. The van der Waals surface area contributed by atoms with Gasteiger partial charge >= 0.3 is 17.9 Å². The van der Waals surface area contributed by atoms with E-state index >= 15 is 0 Å². The minimum Gasteiger partial charge on any atom is -0.481 e. The van der Waals surface area contributed by atoms with Crippen LogP contribution in [-0.2, 0) is 49.4 Å². The molecule has 0 saturated carbocycles. The van der Waals surface area contributed by atoms with Crippen molar-refractivity contribution in [3.8, 4) is 17.6 Å². The number of hydrogen-bond acceptors (Lipinski definition) is 11. The van der Waals surface area contributed by atoms with E-state index in [-0.39, 0.29) is 18.8 Å². The van der Waals surface area contributed by atoms with Crippen LogP contribution < -0.4 is 10.1 Å². The van der Waals surface area contributed by atoms with Gasteiger partial charge in [0.15, 0.2) is 12.2 Å². The van der Waals surface area contributed by atoms with Crippen LogP contribution in [-0.4, -0.2) is 97.2 Å². The molecule has 0 heterocycles. The summed E-state index contributed by atoms with van der Waals surface area (Å²) in [6, 6.07) is 5.54. The van der Waals surface area contributed by atoms with Gasteiger partial charge < -0.3 is 34.3 Å². The Labute approximate surface area is 339 Å². The predicted octanol–water partition coefficient (Wildman–Crippen LogP) is 5.83. The van der Waals surface area contributed by atoms with Crippen molar-refractivity contribution in [1.82, 2.24) is 10.2 Å². The lowest BCUT2D eigenvalue weighted by Crippen LogP contribution is -2.57. The molecule has 0 aromatic heterocycles. The SMILES string of the molecule is CC#CCOc1ccc(C[C@H](NC(=O)[C@@H](/C=C/CCCCCCC(=O)CCCCCCC)[C@@](O)(CC(=O)OCC(=O)N(C)C)C(=O)OC(C)(C)C)C(=O)OC)cc1. The fourth-order valence-electron chi connectivity index (χ4n) is 5.65. The number of rotatable bonds is 27. The van der Waals surface area contributed by atoms with Gasteiger partial charge in [-0.3, -0.25) is 19.2 Å². The smallest absolute Gasteiger partial charge is 0.340 e. The van der Waals surface area contributed by atoms with E-state index in [0.29, 0.717) is 37.0 Å². The van der Waals surface area contributed by atoms with Gasteiger partial charge in [0.2, 0.25) is 5.91 Å². The Morgan fingerprint density at radius 2 is 1.53 bits per heavy atom. The molecule has 318 valence electrons. The van der Waals surface area contributed by atoms with Crippen LogP contribution >= 0.6 is 0 Å². The molecule has 13 heteroatoms. The normalized spacial score (nSPS) is 13.3. The lowest BCUT2D eigenvalue weighted by molar-refractivity contribution is -0.188. The lowest BCUT2D eigenvalue weighted by Gasteiger charge is -2.34. The van der Waals surface area contributed by atoms with Crippen LogP contribution in [0.15, 0.2) is 36.4 Å². The summed E-state index contributed by atoms with van der Waals surface area (Å²) in [5.41, 5.74) is -3.31. The average Bonchev–Trinajstić information content (AvgIpc) is 3.15. The summed E-state index contributed by atoms with van der Waals surface area (Å²) >= 11 is 0. The molecule has 1 aromatic carbocycles. The van der Waals surface area contributed by atoms with E-state index < -0.39 is 65.9 Å². The maximum atomic E-state index is 14.2. The summed E-state index contributed by atoms with van der Waals surface area (Å²) in [4.78, 5) is 79.7. The molecule has 0 aliphatic rings. The first-order valence-corrected chi connectivity index (χ1v) is 20.0. The van der Waals surface area contributed by atoms with E-state index in [1.165, 1.54) is 31.5 Å². The molecule has 13 nitrogen and oxygen atoms in total. The van der Waals surface area contributed by atoms with Crippen molar-refractivity contribution in [1.29, 1.82) is 0 Å². The number of unbranched alkanes of at least 4 members (excludes halogenated alkanes) is 8. The molecule has 2 N–H and O–H groups in total. The lowest BCUT2D eigenvalue weighted by atomic mass is 9.82.